The number of hydrogen-bond acceptors (Lipinski definition) is 4. The lowest BCUT2D eigenvalue weighted by Gasteiger charge is -2.35. The molecule has 25 heavy (non-hydrogen) atoms. The van der Waals surface area contributed by atoms with Crippen LogP contribution in [0.3, 0.4) is 0 Å². The summed E-state index contributed by atoms with van der Waals surface area (Å²) in [7, 11) is 0. The molecule has 6 nitrogen and oxygen atoms in total. The highest BCUT2D eigenvalue weighted by atomic mass is 19.1. The zero-order valence-corrected chi connectivity index (χ0v) is 13.8. The quantitative estimate of drug-likeness (QED) is 0.888. The van der Waals surface area contributed by atoms with E-state index in [2.05, 4.69) is 15.6 Å². The summed E-state index contributed by atoms with van der Waals surface area (Å²) in [5, 5.41) is 5.87. The Kier molecular flexibility index (Phi) is 5.04. The van der Waals surface area contributed by atoms with Crippen LogP contribution in [0, 0.1) is 12.7 Å². The second kappa shape index (κ2) is 7.40. The first-order valence-corrected chi connectivity index (χ1v) is 8.05. The highest BCUT2D eigenvalue weighted by molar-refractivity contribution is 6.02. The molecule has 1 aliphatic rings. The van der Waals surface area contributed by atoms with E-state index in [1.165, 1.54) is 30.5 Å². The molecule has 1 aliphatic heterocycles. The van der Waals surface area contributed by atoms with Crippen molar-refractivity contribution in [3.63, 3.8) is 0 Å². The number of pyridine rings is 1. The SMILES string of the molecule is Cc1ccncc1C(=O)N1CCNC[C@@H]1C(=O)Nc1ccc(F)cc1. The molecule has 7 heteroatoms. The maximum Gasteiger partial charge on any atom is 0.256 e. The van der Waals surface area contributed by atoms with Gasteiger partial charge in [0.2, 0.25) is 5.91 Å². The number of halogens is 1. The normalized spacial score (nSPS) is 17.2. The lowest BCUT2D eigenvalue weighted by atomic mass is 10.1. The fourth-order valence-electron chi connectivity index (χ4n) is 2.78. The van der Waals surface area contributed by atoms with Crippen LogP contribution in [0.4, 0.5) is 10.1 Å². The van der Waals surface area contributed by atoms with Crippen molar-refractivity contribution in [3.8, 4) is 0 Å². The summed E-state index contributed by atoms with van der Waals surface area (Å²) >= 11 is 0. The Hall–Kier alpha value is -2.80. The number of nitrogens with zero attached hydrogens (tertiary/aromatic N) is 2. The van der Waals surface area contributed by atoms with Crippen LogP contribution in [0.1, 0.15) is 15.9 Å². The number of aromatic nitrogens is 1. The molecule has 2 heterocycles. The molecular weight excluding hydrogens is 323 g/mol. The molecule has 1 atom stereocenters. The van der Waals surface area contributed by atoms with Gasteiger partial charge in [0.15, 0.2) is 0 Å². The molecule has 130 valence electrons. The number of piperazine rings is 1. The van der Waals surface area contributed by atoms with Crippen molar-refractivity contribution in [1.82, 2.24) is 15.2 Å². The number of anilines is 1. The molecule has 0 radical (unpaired) electrons. The van der Waals surface area contributed by atoms with E-state index in [1.54, 1.807) is 17.2 Å². The van der Waals surface area contributed by atoms with Gasteiger partial charge >= 0.3 is 0 Å². The van der Waals surface area contributed by atoms with Gasteiger partial charge in [-0.1, -0.05) is 0 Å². The second-order valence-corrected chi connectivity index (χ2v) is 5.91. The fourth-order valence-corrected chi connectivity index (χ4v) is 2.78. The van der Waals surface area contributed by atoms with Crippen LogP contribution in [0.2, 0.25) is 0 Å². The van der Waals surface area contributed by atoms with Crippen molar-refractivity contribution in [3.05, 3.63) is 59.7 Å². The Morgan fingerprint density at radius 3 is 2.76 bits per heavy atom. The third kappa shape index (κ3) is 3.83. The number of amides is 2. The molecule has 1 aromatic carbocycles. The Labute approximate surface area is 145 Å². The number of carbonyl (C=O) groups is 2. The molecule has 2 amide bonds. The Bertz CT molecular complexity index is 779. The van der Waals surface area contributed by atoms with Crippen LogP contribution in [-0.2, 0) is 4.79 Å². The van der Waals surface area contributed by atoms with Gasteiger partial charge in [-0.05, 0) is 42.8 Å². The van der Waals surface area contributed by atoms with Crippen LogP contribution >= 0.6 is 0 Å². The molecule has 0 spiro atoms. The maximum absolute atomic E-state index is 13.0. The molecule has 0 saturated carbocycles. The van der Waals surface area contributed by atoms with Crippen molar-refractivity contribution in [2.45, 2.75) is 13.0 Å². The molecule has 2 N–H and O–H groups in total. The first kappa shape index (κ1) is 17.0. The number of carbonyl (C=O) groups excluding carboxylic acids is 2. The number of nitrogens with one attached hydrogen (secondary N) is 2. The van der Waals surface area contributed by atoms with E-state index in [0.717, 1.165) is 5.56 Å². The summed E-state index contributed by atoms with van der Waals surface area (Å²) in [6.07, 6.45) is 3.15. The van der Waals surface area contributed by atoms with Crippen molar-refractivity contribution in [2.24, 2.45) is 0 Å². The smallest absolute Gasteiger partial charge is 0.256 e. The predicted molar refractivity (Wildman–Crippen MR) is 91.7 cm³/mol. The molecule has 2 aromatic rings. The molecule has 1 fully saturated rings. The van der Waals surface area contributed by atoms with E-state index in [-0.39, 0.29) is 17.6 Å². The van der Waals surface area contributed by atoms with Gasteiger partial charge in [0.1, 0.15) is 11.9 Å². The summed E-state index contributed by atoms with van der Waals surface area (Å²) in [4.78, 5) is 31.1. The lowest BCUT2D eigenvalue weighted by Crippen LogP contribution is -2.58. The van der Waals surface area contributed by atoms with Crippen molar-refractivity contribution in [2.75, 3.05) is 25.0 Å². The number of benzene rings is 1. The van der Waals surface area contributed by atoms with Crippen molar-refractivity contribution in [1.29, 1.82) is 0 Å². The van der Waals surface area contributed by atoms with Gasteiger partial charge in [0.25, 0.3) is 5.91 Å². The Morgan fingerprint density at radius 1 is 1.28 bits per heavy atom. The number of rotatable bonds is 3. The first-order chi connectivity index (χ1) is 12.1. The third-order valence-electron chi connectivity index (χ3n) is 4.19. The van der Waals surface area contributed by atoms with Crippen LogP contribution in [0.15, 0.2) is 42.7 Å². The van der Waals surface area contributed by atoms with Gasteiger partial charge in [-0.25, -0.2) is 4.39 Å². The monoisotopic (exact) mass is 342 g/mol. The number of hydrogen-bond donors (Lipinski definition) is 2. The van der Waals surface area contributed by atoms with E-state index < -0.39 is 6.04 Å². The minimum Gasteiger partial charge on any atom is -0.324 e. The Balaban J connectivity index is 1.78. The zero-order chi connectivity index (χ0) is 17.8. The summed E-state index contributed by atoms with van der Waals surface area (Å²) in [5.41, 5.74) is 1.79. The van der Waals surface area contributed by atoms with E-state index in [1.807, 2.05) is 6.92 Å². The van der Waals surface area contributed by atoms with E-state index >= 15 is 0 Å². The van der Waals surface area contributed by atoms with E-state index in [4.69, 9.17) is 0 Å². The number of aryl methyl sites for hydroxylation is 1. The van der Waals surface area contributed by atoms with Gasteiger partial charge < -0.3 is 15.5 Å². The highest BCUT2D eigenvalue weighted by Gasteiger charge is 2.33. The summed E-state index contributed by atoms with van der Waals surface area (Å²) in [6, 6.07) is 6.64. The van der Waals surface area contributed by atoms with Gasteiger partial charge in [-0.2, -0.15) is 0 Å². The van der Waals surface area contributed by atoms with Crippen molar-refractivity contribution >= 4 is 17.5 Å². The molecule has 1 saturated heterocycles. The highest BCUT2D eigenvalue weighted by Crippen LogP contribution is 2.15. The third-order valence-corrected chi connectivity index (χ3v) is 4.19. The largest absolute Gasteiger partial charge is 0.324 e. The van der Waals surface area contributed by atoms with Crippen LogP contribution in [-0.4, -0.2) is 47.4 Å². The minimum atomic E-state index is -0.647. The lowest BCUT2D eigenvalue weighted by molar-refractivity contribution is -0.121. The molecule has 0 bridgehead atoms. The average molecular weight is 342 g/mol. The van der Waals surface area contributed by atoms with Gasteiger partial charge in [-0.3, -0.25) is 14.6 Å². The van der Waals surface area contributed by atoms with E-state index in [9.17, 15) is 14.0 Å². The fraction of sp³-hybridized carbons (Fsp3) is 0.278. The standard InChI is InChI=1S/C18H19FN4O2/c1-12-6-7-20-10-15(12)18(25)23-9-8-21-11-16(23)17(24)22-14-4-2-13(19)3-5-14/h2-7,10,16,21H,8-9,11H2,1H3,(H,22,24)/t16-/m1/s1. The van der Waals surface area contributed by atoms with Crippen LogP contribution < -0.4 is 10.6 Å². The molecular formula is C18H19FN4O2. The molecule has 1 aromatic heterocycles. The molecule has 0 unspecified atom stereocenters. The average Bonchev–Trinajstić information content (AvgIpc) is 2.63. The van der Waals surface area contributed by atoms with Crippen LogP contribution in [0.5, 0.6) is 0 Å². The zero-order valence-electron chi connectivity index (χ0n) is 13.8. The minimum absolute atomic E-state index is 0.216. The summed E-state index contributed by atoms with van der Waals surface area (Å²) in [6.45, 7) is 3.24. The predicted octanol–water partition coefficient (Wildman–Crippen LogP) is 1.58. The van der Waals surface area contributed by atoms with E-state index in [0.29, 0.717) is 30.9 Å². The van der Waals surface area contributed by atoms with Gasteiger partial charge in [-0.15, -0.1) is 0 Å². The second-order valence-electron chi connectivity index (χ2n) is 5.91. The van der Waals surface area contributed by atoms with Gasteiger partial charge in [0.05, 0.1) is 5.56 Å². The van der Waals surface area contributed by atoms with Crippen LogP contribution in [0.25, 0.3) is 0 Å². The van der Waals surface area contributed by atoms with Crippen molar-refractivity contribution < 1.29 is 14.0 Å². The summed E-state index contributed by atoms with van der Waals surface area (Å²) in [5.74, 6) is -0.902. The van der Waals surface area contributed by atoms with Gasteiger partial charge in [0, 0.05) is 37.7 Å². The first-order valence-electron chi connectivity index (χ1n) is 8.05. The summed E-state index contributed by atoms with van der Waals surface area (Å²) < 4.78 is 13.0. The molecule has 0 aliphatic carbocycles. The Morgan fingerprint density at radius 2 is 2.04 bits per heavy atom. The maximum atomic E-state index is 13.0. The molecule has 3 rings (SSSR count). The topological polar surface area (TPSA) is 74.3 Å².